The van der Waals surface area contributed by atoms with Crippen molar-refractivity contribution in [1.29, 1.82) is 5.41 Å². The van der Waals surface area contributed by atoms with Crippen LogP contribution in [0.25, 0.3) is 0 Å². The first-order valence-electron chi connectivity index (χ1n) is 5.95. The predicted molar refractivity (Wildman–Crippen MR) is 63.7 cm³/mol. The van der Waals surface area contributed by atoms with E-state index in [0.29, 0.717) is 11.4 Å². The molecule has 1 N–H and O–H groups in total. The summed E-state index contributed by atoms with van der Waals surface area (Å²) in [5.74, 6) is 0.409. The lowest BCUT2D eigenvalue weighted by Crippen LogP contribution is -2.28. The van der Waals surface area contributed by atoms with Crippen LogP contribution in [-0.2, 0) is 12.6 Å². The smallest absolute Gasteiger partial charge is 0.360 e. The van der Waals surface area contributed by atoms with Gasteiger partial charge in [0.05, 0.1) is 5.56 Å². The Bertz CT molecular complexity index is 434. The Morgan fingerprint density at radius 2 is 1.89 bits per heavy atom. The quantitative estimate of drug-likeness (QED) is 0.637. The summed E-state index contributed by atoms with van der Waals surface area (Å²) in [7, 11) is 0. The Morgan fingerprint density at radius 1 is 1.22 bits per heavy atom. The molecule has 0 unspecified atom stereocenters. The third-order valence-corrected chi connectivity index (χ3v) is 3.11. The van der Waals surface area contributed by atoms with E-state index in [-0.39, 0.29) is 6.42 Å². The lowest BCUT2D eigenvalue weighted by molar-refractivity contribution is -0.137. The second-order valence-electron chi connectivity index (χ2n) is 4.52. The lowest BCUT2D eigenvalue weighted by atomic mass is 10.1. The van der Waals surface area contributed by atoms with Gasteiger partial charge in [-0.05, 0) is 24.5 Å². The summed E-state index contributed by atoms with van der Waals surface area (Å²) in [5, 5.41) is 7.89. The molecule has 0 bridgehead atoms. The Kier molecular flexibility index (Phi) is 3.59. The normalized spacial score (nSPS) is 16.1. The van der Waals surface area contributed by atoms with Gasteiger partial charge in [0.2, 0.25) is 0 Å². The van der Waals surface area contributed by atoms with Gasteiger partial charge in [-0.25, -0.2) is 0 Å². The molecule has 1 aliphatic rings. The van der Waals surface area contributed by atoms with Gasteiger partial charge in [0.1, 0.15) is 5.84 Å². The van der Waals surface area contributed by atoms with E-state index in [2.05, 4.69) is 0 Å². The van der Waals surface area contributed by atoms with Crippen LogP contribution in [0.3, 0.4) is 0 Å². The minimum Gasteiger partial charge on any atom is -0.360 e. The molecular weight excluding hydrogens is 241 g/mol. The molecule has 1 aromatic rings. The second-order valence-corrected chi connectivity index (χ2v) is 4.52. The number of nitrogens with zero attached hydrogens (tertiary/aromatic N) is 1. The molecule has 1 fully saturated rings. The fraction of sp³-hybridized carbons (Fsp3) is 0.462. The summed E-state index contributed by atoms with van der Waals surface area (Å²) in [6.07, 6.45) is -1.92. The molecule has 98 valence electrons. The summed E-state index contributed by atoms with van der Waals surface area (Å²) < 4.78 is 37.6. The zero-order chi connectivity index (χ0) is 13.2. The van der Waals surface area contributed by atoms with E-state index in [9.17, 15) is 13.2 Å². The minimum atomic E-state index is -4.31. The van der Waals surface area contributed by atoms with Crippen LogP contribution in [0, 0.1) is 5.41 Å². The molecule has 5 heteroatoms. The van der Waals surface area contributed by atoms with Crippen molar-refractivity contribution < 1.29 is 13.2 Å². The second kappa shape index (κ2) is 5.00. The van der Waals surface area contributed by atoms with E-state index in [1.807, 2.05) is 4.90 Å². The van der Waals surface area contributed by atoms with E-state index >= 15 is 0 Å². The summed E-state index contributed by atoms with van der Waals surface area (Å²) in [4.78, 5) is 1.93. The van der Waals surface area contributed by atoms with Crippen LogP contribution in [0.4, 0.5) is 13.2 Å². The van der Waals surface area contributed by atoms with Crippen LogP contribution in [0.5, 0.6) is 0 Å². The van der Waals surface area contributed by atoms with Crippen LogP contribution in [0.15, 0.2) is 24.3 Å². The third kappa shape index (κ3) is 3.03. The topological polar surface area (TPSA) is 27.1 Å². The first-order valence-corrected chi connectivity index (χ1v) is 5.95. The van der Waals surface area contributed by atoms with E-state index in [1.54, 1.807) is 6.07 Å². The number of halogens is 3. The van der Waals surface area contributed by atoms with Gasteiger partial charge >= 0.3 is 6.18 Å². The van der Waals surface area contributed by atoms with E-state index in [1.165, 1.54) is 6.07 Å². The zero-order valence-electron chi connectivity index (χ0n) is 9.93. The van der Waals surface area contributed by atoms with Gasteiger partial charge in [-0.15, -0.1) is 0 Å². The van der Waals surface area contributed by atoms with E-state index in [0.717, 1.165) is 38.1 Å². The van der Waals surface area contributed by atoms with Crippen LogP contribution in [0.2, 0.25) is 0 Å². The van der Waals surface area contributed by atoms with Gasteiger partial charge in [-0.1, -0.05) is 18.2 Å². The number of rotatable bonds is 2. The van der Waals surface area contributed by atoms with Gasteiger partial charge in [0.25, 0.3) is 0 Å². The maximum Gasteiger partial charge on any atom is 0.416 e. The molecule has 1 saturated heterocycles. The van der Waals surface area contributed by atoms with Crippen molar-refractivity contribution in [2.24, 2.45) is 0 Å². The highest BCUT2D eigenvalue weighted by Gasteiger charge is 2.30. The molecule has 0 atom stereocenters. The van der Waals surface area contributed by atoms with Gasteiger partial charge in [-0.2, -0.15) is 13.2 Å². The molecule has 0 amide bonds. The van der Waals surface area contributed by atoms with Crippen molar-refractivity contribution in [1.82, 2.24) is 4.90 Å². The average Bonchev–Trinajstić information content (AvgIpc) is 2.81. The van der Waals surface area contributed by atoms with Gasteiger partial charge < -0.3 is 4.90 Å². The molecule has 18 heavy (non-hydrogen) atoms. The van der Waals surface area contributed by atoms with Gasteiger partial charge in [0, 0.05) is 19.5 Å². The highest BCUT2D eigenvalue weighted by Crippen LogP contribution is 2.29. The number of nitrogens with one attached hydrogen (secondary N) is 1. The molecule has 0 spiro atoms. The molecule has 1 aromatic carbocycles. The maximum absolute atomic E-state index is 12.5. The van der Waals surface area contributed by atoms with Gasteiger partial charge in [-0.3, -0.25) is 5.41 Å². The molecule has 0 saturated carbocycles. The van der Waals surface area contributed by atoms with E-state index < -0.39 is 11.7 Å². The van der Waals surface area contributed by atoms with Crippen LogP contribution in [-0.4, -0.2) is 23.8 Å². The van der Waals surface area contributed by atoms with Crippen LogP contribution >= 0.6 is 0 Å². The minimum absolute atomic E-state index is 0.268. The Balaban J connectivity index is 2.07. The summed E-state index contributed by atoms with van der Waals surface area (Å²) >= 11 is 0. The predicted octanol–water partition coefficient (Wildman–Crippen LogP) is 3.32. The number of hydrogen-bond acceptors (Lipinski definition) is 1. The van der Waals surface area contributed by atoms with Crippen molar-refractivity contribution in [3.8, 4) is 0 Å². The monoisotopic (exact) mass is 256 g/mol. The average molecular weight is 256 g/mol. The molecule has 1 heterocycles. The summed E-state index contributed by atoms with van der Waals surface area (Å²) in [6.45, 7) is 1.69. The summed E-state index contributed by atoms with van der Waals surface area (Å²) in [5.41, 5.74) is -0.101. The Hall–Kier alpha value is -1.52. The van der Waals surface area contributed by atoms with Crippen molar-refractivity contribution in [2.75, 3.05) is 13.1 Å². The highest BCUT2D eigenvalue weighted by atomic mass is 19.4. The molecule has 1 aliphatic heterocycles. The third-order valence-electron chi connectivity index (χ3n) is 3.11. The van der Waals surface area contributed by atoms with Crippen LogP contribution in [0.1, 0.15) is 24.0 Å². The number of hydrogen-bond donors (Lipinski definition) is 1. The number of benzene rings is 1. The molecule has 0 radical (unpaired) electrons. The Labute approximate surface area is 104 Å². The lowest BCUT2D eigenvalue weighted by Gasteiger charge is -2.18. The fourth-order valence-electron chi connectivity index (χ4n) is 2.15. The van der Waals surface area contributed by atoms with Crippen molar-refractivity contribution in [3.63, 3.8) is 0 Å². The van der Waals surface area contributed by atoms with Gasteiger partial charge in [0.15, 0.2) is 0 Å². The molecular formula is C13H15F3N2. The zero-order valence-corrected chi connectivity index (χ0v) is 9.93. The highest BCUT2D eigenvalue weighted by molar-refractivity contribution is 5.81. The molecule has 2 nitrogen and oxygen atoms in total. The fourth-order valence-corrected chi connectivity index (χ4v) is 2.15. The molecule has 0 aromatic heterocycles. The largest absolute Gasteiger partial charge is 0.416 e. The SMILES string of the molecule is N=C(Cc1cccc(C(F)(F)F)c1)N1CCCC1. The van der Waals surface area contributed by atoms with E-state index in [4.69, 9.17) is 5.41 Å². The number of alkyl halides is 3. The molecule has 0 aliphatic carbocycles. The summed E-state index contributed by atoms with van der Waals surface area (Å²) in [6, 6.07) is 5.23. The van der Waals surface area contributed by atoms with Crippen molar-refractivity contribution >= 4 is 5.84 Å². The Morgan fingerprint density at radius 3 is 2.50 bits per heavy atom. The number of amidine groups is 1. The van der Waals surface area contributed by atoms with Crippen molar-refractivity contribution in [2.45, 2.75) is 25.4 Å². The van der Waals surface area contributed by atoms with Crippen LogP contribution < -0.4 is 0 Å². The first kappa shape index (κ1) is 12.9. The maximum atomic E-state index is 12.5. The first-order chi connectivity index (χ1) is 8.47. The van der Waals surface area contributed by atoms with Crippen molar-refractivity contribution in [3.05, 3.63) is 35.4 Å². The number of likely N-dealkylation sites (tertiary alicyclic amines) is 1. The molecule has 2 rings (SSSR count). The standard InChI is InChI=1S/C13H15F3N2/c14-13(15,16)11-5-3-4-10(8-11)9-12(17)18-6-1-2-7-18/h3-5,8,17H,1-2,6-7,9H2.